The maximum atomic E-state index is 11.8. The van der Waals surface area contributed by atoms with E-state index in [1.807, 2.05) is 23.6 Å². The fraction of sp³-hybridized carbons (Fsp3) is 0.235. The minimum Gasteiger partial charge on any atom is -0.484 e. The molecule has 126 valence electrons. The fourth-order valence-electron chi connectivity index (χ4n) is 1.73. The number of hydrogen-bond donors (Lipinski definition) is 1. The zero-order valence-corrected chi connectivity index (χ0v) is 14.6. The van der Waals surface area contributed by atoms with Gasteiger partial charge in [0.05, 0.1) is 10.6 Å². The van der Waals surface area contributed by atoms with Crippen LogP contribution in [-0.2, 0) is 4.79 Å². The molecule has 2 rings (SSSR count). The summed E-state index contributed by atoms with van der Waals surface area (Å²) in [6, 6.07) is 10.7. The van der Waals surface area contributed by atoms with Crippen LogP contribution in [0.1, 0.15) is 22.2 Å². The summed E-state index contributed by atoms with van der Waals surface area (Å²) in [6.45, 7) is 1.80. The lowest BCUT2D eigenvalue weighted by Gasteiger charge is -2.11. The van der Waals surface area contributed by atoms with E-state index in [0.29, 0.717) is 16.3 Å². The maximum absolute atomic E-state index is 11.8. The van der Waals surface area contributed by atoms with Crippen LogP contribution in [-0.4, -0.2) is 43.1 Å². The molecule has 2 amide bonds. The zero-order chi connectivity index (χ0) is 17.5. The average Bonchev–Trinajstić information content (AvgIpc) is 3.12. The molecular weight excluding hydrogens is 326 g/mol. The third-order valence-corrected chi connectivity index (χ3v) is 4.07. The molecule has 0 bridgehead atoms. The highest BCUT2D eigenvalue weighted by atomic mass is 32.1. The quantitative estimate of drug-likeness (QED) is 0.645. The van der Waals surface area contributed by atoms with Gasteiger partial charge in [-0.3, -0.25) is 9.59 Å². The Morgan fingerprint density at radius 2 is 1.92 bits per heavy atom. The van der Waals surface area contributed by atoms with Crippen molar-refractivity contribution < 1.29 is 14.3 Å². The van der Waals surface area contributed by atoms with E-state index in [-0.39, 0.29) is 18.4 Å². The lowest BCUT2D eigenvalue weighted by molar-refractivity contribution is -0.130. The van der Waals surface area contributed by atoms with Crippen LogP contribution in [0.5, 0.6) is 5.75 Å². The fourth-order valence-corrected chi connectivity index (χ4v) is 2.34. The van der Waals surface area contributed by atoms with E-state index in [2.05, 4.69) is 10.5 Å². The number of nitrogens with one attached hydrogen (secondary N) is 1. The normalized spacial score (nSPS) is 11.0. The third kappa shape index (κ3) is 4.92. The summed E-state index contributed by atoms with van der Waals surface area (Å²) in [5, 5.41) is 5.94. The van der Waals surface area contributed by atoms with Crippen LogP contribution >= 0.6 is 11.3 Å². The second kappa shape index (κ2) is 8.26. The SMILES string of the molecule is C/C(=N/NC(=O)c1cccs1)c1ccc(OCC(=O)N(C)C)cc1. The smallest absolute Gasteiger partial charge is 0.281 e. The van der Waals surface area contributed by atoms with Crippen molar-refractivity contribution in [2.45, 2.75) is 6.92 Å². The molecule has 24 heavy (non-hydrogen) atoms. The highest BCUT2D eigenvalue weighted by Gasteiger charge is 2.07. The van der Waals surface area contributed by atoms with Gasteiger partial charge in [-0.25, -0.2) is 5.43 Å². The molecular formula is C17H19N3O3S. The Morgan fingerprint density at radius 3 is 2.50 bits per heavy atom. The highest BCUT2D eigenvalue weighted by Crippen LogP contribution is 2.13. The molecule has 0 radical (unpaired) electrons. The van der Waals surface area contributed by atoms with E-state index >= 15 is 0 Å². The summed E-state index contributed by atoms with van der Waals surface area (Å²) in [5.74, 6) is 0.268. The van der Waals surface area contributed by atoms with E-state index in [9.17, 15) is 9.59 Å². The number of likely N-dealkylation sites (N-methyl/N-ethyl adjacent to an activating group) is 1. The number of benzene rings is 1. The topological polar surface area (TPSA) is 71.0 Å². The second-order valence-corrected chi connectivity index (χ2v) is 6.16. The first-order chi connectivity index (χ1) is 11.5. The van der Waals surface area contributed by atoms with Gasteiger partial charge in [-0.1, -0.05) is 6.07 Å². The predicted octanol–water partition coefficient (Wildman–Crippen LogP) is 2.37. The van der Waals surface area contributed by atoms with E-state index in [1.54, 1.807) is 39.2 Å². The van der Waals surface area contributed by atoms with Gasteiger partial charge in [-0.15, -0.1) is 11.3 Å². The summed E-state index contributed by atoms with van der Waals surface area (Å²) < 4.78 is 5.41. The van der Waals surface area contributed by atoms with Gasteiger partial charge in [-0.05, 0) is 48.2 Å². The van der Waals surface area contributed by atoms with E-state index in [4.69, 9.17) is 4.74 Å². The van der Waals surface area contributed by atoms with Gasteiger partial charge >= 0.3 is 0 Å². The lowest BCUT2D eigenvalue weighted by Crippen LogP contribution is -2.27. The van der Waals surface area contributed by atoms with Crippen molar-refractivity contribution in [2.75, 3.05) is 20.7 Å². The van der Waals surface area contributed by atoms with Gasteiger partial charge in [0.25, 0.3) is 11.8 Å². The van der Waals surface area contributed by atoms with E-state index in [1.165, 1.54) is 16.2 Å². The van der Waals surface area contributed by atoms with Crippen LogP contribution in [0.4, 0.5) is 0 Å². The standard InChI is InChI=1S/C17H19N3O3S/c1-12(18-19-17(22)15-5-4-10-24-15)13-6-8-14(9-7-13)23-11-16(21)20(2)3/h4-10H,11H2,1-3H3,(H,19,22)/b18-12-. The largest absolute Gasteiger partial charge is 0.484 e. The molecule has 6 nitrogen and oxygen atoms in total. The lowest BCUT2D eigenvalue weighted by atomic mass is 10.1. The number of thiophene rings is 1. The molecule has 0 fully saturated rings. The van der Waals surface area contributed by atoms with Gasteiger partial charge < -0.3 is 9.64 Å². The molecule has 1 heterocycles. The van der Waals surface area contributed by atoms with Crippen molar-refractivity contribution >= 4 is 28.9 Å². The number of carbonyl (C=O) groups is 2. The number of hydrogen-bond acceptors (Lipinski definition) is 5. The van der Waals surface area contributed by atoms with Crippen LogP contribution in [0.15, 0.2) is 46.9 Å². The zero-order valence-electron chi connectivity index (χ0n) is 13.8. The molecule has 0 spiro atoms. The predicted molar refractivity (Wildman–Crippen MR) is 94.6 cm³/mol. The van der Waals surface area contributed by atoms with Crippen molar-refractivity contribution in [1.29, 1.82) is 0 Å². The van der Waals surface area contributed by atoms with Gasteiger partial charge in [0.2, 0.25) is 0 Å². The molecule has 0 unspecified atom stereocenters. The van der Waals surface area contributed by atoms with Gasteiger partial charge in [0, 0.05) is 14.1 Å². The van der Waals surface area contributed by atoms with E-state index in [0.717, 1.165) is 5.56 Å². The Bertz CT molecular complexity index is 722. The molecule has 2 aromatic rings. The summed E-state index contributed by atoms with van der Waals surface area (Å²) in [4.78, 5) is 25.4. The van der Waals surface area contributed by atoms with Gasteiger partial charge in [-0.2, -0.15) is 5.10 Å². The Morgan fingerprint density at radius 1 is 1.21 bits per heavy atom. The molecule has 7 heteroatoms. The first kappa shape index (κ1) is 17.7. The average molecular weight is 345 g/mol. The summed E-state index contributed by atoms with van der Waals surface area (Å²) in [7, 11) is 3.36. The number of amides is 2. The van der Waals surface area contributed by atoms with Crippen LogP contribution in [0, 0.1) is 0 Å². The molecule has 0 atom stereocenters. The van der Waals surface area contributed by atoms with Gasteiger partial charge in [0.15, 0.2) is 6.61 Å². The molecule has 1 aromatic heterocycles. The minimum atomic E-state index is -0.230. The van der Waals surface area contributed by atoms with Gasteiger partial charge in [0.1, 0.15) is 5.75 Å². The molecule has 0 saturated heterocycles. The Kier molecular flexibility index (Phi) is 6.08. The molecule has 0 saturated carbocycles. The third-order valence-electron chi connectivity index (χ3n) is 3.20. The summed E-state index contributed by atoms with van der Waals surface area (Å²) >= 11 is 1.36. The number of nitrogens with zero attached hydrogens (tertiary/aromatic N) is 2. The Labute approximate surface area is 144 Å². The number of hydrazone groups is 1. The van der Waals surface area contributed by atoms with Crippen LogP contribution in [0.25, 0.3) is 0 Å². The maximum Gasteiger partial charge on any atom is 0.281 e. The highest BCUT2D eigenvalue weighted by molar-refractivity contribution is 7.12. The van der Waals surface area contributed by atoms with Crippen LogP contribution in [0.2, 0.25) is 0 Å². The Hall–Kier alpha value is -2.67. The van der Waals surface area contributed by atoms with Crippen molar-refractivity contribution in [3.63, 3.8) is 0 Å². The first-order valence-corrected chi connectivity index (χ1v) is 8.17. The minimum absolute atomic E-state index is 0.00368. The van der Waals surface area contributed by atoms with Crippen molar-refractivity contribution in [2.24, 2.45) is 5.10 Å². The number of rotatable bonds is 6. The molecule has 0 aliphatic rings. The molecule has 1 N–H and O–H groups in total. The monoisotopic (exact) mass is 345 g/mol. The van der Waals surface area contributed by atoms with Crippen molar-refractivity contribution in [3.05, 3.63) is 52.2 Å². The number of carbonyl (C=O) groups excluding carboxylic acids is 2. The van der Waals surface area contributed by atoms with Crippen molar-refractivity contribution in [1.82, 2.24) is 10.3 Å². The number of ether oxygens (including phenoxy) is 1. The molecule has 1 aromatic carbocycles. The first-order valence-electron chi connectivity index (χ1n) is 7.29. The van der Waals surface area contributed by atoms with Crippen LogP contribution in [0.3, 0.4) is 0 Å². The Balaban J connectivity index is 1.93. The summed E-state index contributed by atoms with van der Waals surface area (Å²) in [5.41, 5.74) is 4.06. The molecule has 0 aliphatic carbocycles. The molecule has 0 aliphatic heterocycles. The second-order valence-electron chi connectivity index (χ2n) is 5.22. The summed E-state index contributed by atoms with van der Waals surface area (Å²) in [6.07, 6.45) is 0. The van der Waals surface area contributed by atoms with Crippen LogP contribution < -0.4 is 10.2 Å². The van der Waals surface area contributed by atoms with E-state index < -0.39 is 0 Å². The van der Waals surface area contributed by atoms with Crippen molar-refractivity contribution in [3.8, 4) is 5.75 Å².